The number of hydrogen-bond donors (Lipinski definition) is 1. The van der Waals surface area contributed by atoms with Crippen molar-refractivity contribution in [3.63, 3.8) is 0 Å². The molecule has 5 rings (SSSR count). The number of likely N-dealkylation sites (tertiary alicyclic amines) is 1. The highest BCUT2D eigenvalue weighted by atomic mass is 32.2. The molecular weight excluding hydrogens is 384 g/mol. The van der Waals surface area contributed by atoms with E-state index in [2.05, 4.69) is 19.6 Å². The van der Waals surface area contributed by atoms with Gasteiger partial charge in [-0.2, -0.15) is 0 Å². The van der Waals surface area contributed by atoms with Crippen LogP contribution in [0.1, 0.15) is 24.1 Å². The number of nitrogens with zero attached hydrogens (tertiary/aromatic N) is 3. The van der Waals surface area contributed by atoms with E-state index in [1.807, 2.05) is 42.8 Å². The van der Waals surface area contributed by atoms with Gasteiger partial charge in [-0.15, -0.1) is 0 Å². The van der Waals surface area contributed by atoms with E-state index in [4.69, 9.17) is 4.42 Å². The third-order valence-corrected chi connectivity index (χ3v) is 6.84. The molecule has 1 saturated heterocycles. The van der Waals surface area contributed by atoms with Crippen molar-refractivity contribution in [3.8, 4) is 0 Å². The summed E-state index contributed by atoms with van der Waals surface area (Å²) in [4.78, 5) is 20.4. The Morgan fingerprint density at radius 1 is 1.28 bits per heavy atom. The molecule has 1 fully saturated rings. The van der Waals surface area contributed by atoms with Crippen LogP contribution in [0.15, 0.2) is 57.3 Å². The Kier molecular flexibility index (Phi) is 5.16. The zero-order chi connectivity index (χ0) is 19.6. The summed E-state index contributed by atoms with van der Waals surface area (Å²) in [6, 6.07) is 8.03. The first-order chi connectivity index (χ1) is 14.3. The average Bonchev–Trinajstić information content (AvgIpc) is 3.42. The topological polar surface area (TPSA) is 62.8 Å². The predicted octanol–water partition coefficient (Wildman–Crippen LogP) is 3.44. The summed E-state index contributed by atoms with van der Waals surface area (Å²) in [5, 5.41) is 4.19. The molecule has 150 valence electrons. The number of imidazole rings is 1. The number of nitrogens with one attached hydrogen (secondary N) is 1. The number of piperidine rings is 1. The highest BCUT2D eigenvalue weighted by Gasteiger charge is 2.23. The number of aromatic nitrogens is 2. The van der Waals surface area contributed by atoms with Gasteiger partial charge in [0.05, 0.1) is 34.3 Å². The van der Waals surface area contributed by atoms with Crippen LogP contribution >= 0.6 is 11.8 Å². The average molecular weight is 409 g/mol. The summed E-state index contributed by atoms with van der Waals surface area (Å²) in [5.41, 5.74) is 3.14. The van der Waals surface area contributed by atoms with Crippen LogP contribution in [0.25, 0.3) is 11.7 Å². The lowest BCUT2D eigenvalue weighted by Crippen LogP contribution is -2.39. The molecule has 2 aliphatic rings. The molecule has 0 saturated carbocycles. The molecule has 0 bridgehead atoms. The Hall–Kier alpha value is -2.51. The van der Waals surface area contributed by atoms with Crippen molar-refractivity contribution in [2.24, 2.45) is 5.92 Å². The lowest BCUT2D eigenvalue weighted by molar-refractivity contribution is -0.117. The van der Waals surface area contributed by atoms with E-state index in [1.165, 1.54) is 17.3 Å². The highest BCUT2D eigenvalue weighted by Crippen LogP contribution is 2.34. The van der Waals surface area contributed by atoms with Crippen molar-refractivity contribution >= 4 is 29.4 Å². The normalized spacial score (nSPS) is 17.4. The molecule has 1 amide bonds. The minimum Gasteiger partial charge on any atom is -0.472 e. The molecule has 1 N–H and O–H groups in total. The van der Waals surface area contributed by atoms with Gasteiger partial charge in [0.1, 0.15) is 5.65 Å². The Labute approximate surface area is 174 Å². The van der Waals surface area contributed by atoms with Gasteiger partial charge in [0, 0.05) is 13.1 Å². The molecule has 7 heteroatoms. The Morgan fingerprint density at radius 2 is 2.17 bits per heavy atom. The van der Waals surface area contributed by atoms with Crippen LogP contribution in [0, 0.1) is 5.92 Å². The standard InChI is InChI=1S/C22H24N4O2S/c27-22(19-12-18-14-23-20-2-1-3-21(29-19)26(18)20)24-13-16-4-8-25(9-5-16)10-6-17-7-11-28-15-17/h1-3,7,11-12,14-16H,4-6,8-10,13H2,(H,24,27). The fraction of sp³-hybridized carbons (Fsp3) is 0.364. The number of thioether (sulfide) groups is 1. The van der Waals surface area contributed by atoms with Gasteiger partial charge in [-0.1, -0.05) is 17.8 Å². The van der Waals surface area contributed by atoms with E-state index in [9.17, 15) is 4.79 Å². The second kappa shape index (κ2) is 8.08. The SMILES string of the molecule is O=C(NCC1CCN(CCc2ccoc2)CC1)C1=Cc2cnc3cccc(n23)S1. The van der Waals surface area contributed by atoms with Crippen molar-refractivity contribution in [2.45, 2.75) is 24.3 Å². The number of carbonyl (C=O) groups excluding carboxylic acids is 1. The van der Waals surface area contributed by atoms with Crippen molar-refractivity contribution in [1.29, 1.82) is 0 Å². The molecule has 6 nitrogen and oxygen atoms in total. The number of amides is 1. The fourth-order valence-corrected chi connectivity index (χ4v) is 5.07. The van der Waals surface area contributed by atoms with E-state index in [0.717, 1.165) is 66.7 Å². The molecule has 0 aliphatic carbocycles. The molecule has 2 aliphatic heterocycles. The zero-order valence-electron chi connectivity index (χ0n) is 16.2. The maximum absolute atomic E-state index is 12.7. The van der Waals surface area contributed by atoms with Gasteiger partial charge in [-0.05, 0) is 68.1 Å². The van der Waals surface area contributed by atoms with E-state index in [1.54, 1.807) is 6.26 Å². The molecule has 0 spiro atoms. The minimum atomic E-state index is 0.0156. The highest BCUT2D eigenvalue weighted by molar-refractivity contribution is 8.04. The van der Waals surface area contributed by atoms with Crippen molar-refractivity contribution < 1.29 is 9.21 Å². The smallest absolute Gasteiger partial charge is 0.258 e. The van der Waals surface area contributed by atoms with Crippen molar-refractivity contribution in [1.82, 2.24) is 19.6 Å². The summed E-state index contributed by atoms with van der Waals surface area (Å²) >= 11 is 1.51. The molecule has 3 aromatic heterocycles. The van der Waals surface area contributed by atoms with Gasteiger partial charge >= 0.3 is 0 Å². The molecule has 29 heavy (non-hydrogen) atoms. The monoisotopic (exact) mass is 408 g/mol. The summed E-state index contributed by atoms with van der Waals surface area (Å²) in [6.07, 6.45) is 10.6. The number of hydrogen-bond acceptors (Lipinski definition) is 5. The van der Waals surface area contributed by atoms with Crippen molar-refractivity contribution in [2.75, 3.05) is 26.2 Å². The first-order valence-electron chi connectivity index (χ1n) is 10.1. The van der Waals surface area contributed by atoms with E-state index < -0.39 is 0 Å². The Balaban J connectivity index is 1.11. The first kappa shape index (κ1) is 18.5. The number of furan rings is 1. The van der Waals surface area contributed by atoms with E-state index in [-0.39, 0.29) is 5.91 Å². The molecule has 5 heterocycles. The van der Waals surface area contributed by atoms with Crippen LogP contribution in [-0.2, 0) is 11.2 Å². The van der Waals surface area contributed by atoms with Gasteiger partial charge in [0.25, 0.3) is 5.91 Å². The third-order valence-electron chi connectivity index (χ3n) is 5.79. The van der Waals surface area contributed by atoms with Crippen LogP contribution in [0.5, 0.6) is 0 Å². The molecule has 0 atom stereocenters. The Morgan fingerprint density at radius 3 is 3.00 bits per heavy atom. The number of rotatable bonds is 6. The van der Waals surface area contributed by atoms with Gasteiger partial charge in [-0.3, -0.25) is 9.20 Å². The molecule has 3 aromatic rings. The van der Waals surface area contributed by atoms with Gasteiger partial charge in [-0.25, -0.2) is 4.98 Å². The van der Waals surface area contributed by atoms with Crippen LogP contribution in [0.4, 0.5) is 0 Å². The fourth-order valence-electron chi connectivity index (χ4n) is 4.06. The zero-order valence-corrected chi connectivity index (χ0v) is 17.0. The van der Waals surface area contributed by atoms with E-state index >= 15 is 0 Å². The lowest BCUT2D eigenvalue weighted by atomic mass is 9.96. The quantitative estimate of drug-likeness (QED) is 0.677. The number of carbonyl (C=O) groups is 1. The molecule has 0 unspecified atom stereocenters. The summed E-state index contributed by atoms with van der Waals surface area (Å²) in [5.74, 6) is 0.564. The van der Waals surface area contributed by atoms with Crippen molar-refractivity contribution in [3.05, 3.63) is 59.2 Å². The van der Waals surface area contributed by atoms with Gasteiger partial charge in [0.2, 0.25) is 0 Å². The van der Waals surface area contributed by atoms with Gasteiger partial charge in [0.15, 0.2) is 0 Å². The van der Waals surface area contributed by atoms with Crippen LogP contribution in [-0.4, -0.2) is 46.4 Å². The lowest BCUT2D eigenvalue weighted by Gasteiger charge is -2.32. The van der Waals surface area contributed by atoms with Gasteiger partial charge < -0.3 is 14.6 Å². The van der Waals surface area contributed by atoms with E-state index in [0.29, 0.717) is 5.92 Å². The summed E-state index contributed by atoms with van der Waals surface area (Å²) in [6.45, 7) is 4.01. The third kappa shape index (κ3) is 3.97. The Bertz CT molecular complexity index is 1030. The second-order valence-electron chi connectivity index (χ2n) is 7.73. The summed E-state index contributed by atoms with van der Waals surface area (Å²) < 4.78 is 7.22. The molecular formula is C22H24N4O2S. The second-order valence-corrected chi connectivity index (χ2v) is 8.79. The minimum absolute atomic E-state index is 0.0156. The van der Waals surface area contributed by atoms with Crippen LogP contribution in [0.3, 0.4) is 0 Å². The predicted molar refractivity (Wildman–Crippen MR) is 114 cm³/mol. The first-order valence-corrected chi connectivity index (χ1v) is 11.0. The summed E-state index contributed by atoms with van der Waals surface area (Å²) in [7, 11) is 0. The maximum atomic E-state index is 12.7. The number of pyridine rings is 1. The van der Waals surface area contributed by atoms with Crippen LogP contribution < -0.4 is 5.32 Å². The molecule has 0 radical (unpaired) electrons. The van der Waals surface area contributed by atoms with Crippen LogP contribution in [0.2, 0.25) is 0 Å². The molecule has 0 aromatic carbocycles. The largest absolute Gasteiger partial charge is 0.472 e. The maximum Gasteiger partial charge on any atom is 0.258 e.